The Morgan fingerprint density at radius 2 is 2.00 bits per heavy atom. The summed E-state index contributed by atoms with van der Waals surface area (Å²) >= 11 is 0. The zero-order valence-electron chi connectivity index (χ0n) is 10.5. The highest BCUT2D eigenvalue weighted by atomic mass is 19.4. The van der Waals surface area contributed by atoms with Crippen LogP contribution in [0.3, 0.4) is 0 Å². The highest BCUT2D eigenvalue weighted by molar-refractivity contribution is 5.81. The van der Waals surface area contributed by atoms with Crippen LogP contribution in [0.25, 0.3) is 0 Å². The fraction of sp³-hybridized carbons (Fsp3) is 0.923. The molecule has 0 bridgehead atoms. The lowest BCUT2D eigenvalue weighted by Gasteiger charge is -2.30. The van der Waals surface area contributed by atoms with E-state index >= 15 is 0 Å². The third-order valence-electron chi connectivity index (χ3n) is 3.84. The Kier molecular flexibility index (Phi) is 5.02. The Morgan fingerprint density at radius 3 is 2.53 bits per heavy atom. The second kappa shape index (κ2) is 5.87. The Morgan fingerprint density at radius 1 is 1.35 bits per heavy atom. The van der Waals surface area contributed by atoms with Crippen LogP contribution < -0.4 is 0 Å². The van der Waals surface area contributed by atoms with E-state index in [0.29, 0.717) is 19.3 Å². The van der Waals surface area contributed by atoms with Gasteiger partial charge in [-0.15, -0.1) is 0 Å². The number of ketones is 1. The number of Topliss-reactive ketones (excluding diaryl/α,β-unsaturated/α-hetero) is 1. The Labute approximate surface area is 101 Å². The molecule has 0 amide bonds. The van der Waals surface area contributed by atoms with Gasteiger partial charge in [0.25, 0.3) is 0 Å². The van der Waals surface area contributed by atoms with Crippen molar-refractivity contribution in [1.82, 2.24) is 0 Å². The van der Waals surface area contributed by atoms with Gasteiger partial charge in [-0.25, -0.2) is 0 Å². The van der Waals surface area contributed by atoms with Crippen LogP contribution >= 0.6 is 0 Å². The lowest BCUT2D eigenvalue weighted by molar-refractivity contribution is -0.186. The molecule has 1 aliphatic rings. The zero-order valence-corrected chi connectivity index (χ0v) is 10.5. The molecule has 0 N–H and O–H groups in total. The van der Waals surface area contributed by atoms with Gasteiger partial charge in [0.1, 0.15) is 5.78 Å². The highest BCUT2D eigenvalue weighted by Gasteiger charge is 2.43. The molecule has 0 spiro atoms. The molecule has 1 fully saturated rings. The van der Waals surface area contributed by atoms with Crippen LogP contribution in [-0.2, 0) is 4.79 Å². The first kappa shape index (κ1) is 14.5. The van der Waals surface area contributed by atoms with E-state index in [9.17, 15) is 18.0 Å². The van der Waals surface area contributed by atoms with Gasteiger partial charge in [0.2, 0.25) is 0 Å². The van der Waals surface area contributed by atoms with Crippen LogP contribution in [0.15, 0.2) is 0 Å². The van der Waals surface area contributed by atoms with E-state index in [2.05, 4.69) is 0 Å². The summed E-state index contributed by atoms with van der Waals surface area (Å²) in [5.74, 6) is -1.30. The number of carbonyl (C=O) groups is 1. The van der Waals surface area contributed by atoms with Gasteiger partial charge in [-0.2, -0.15) is 13.2 Å². The predicted molar refractivity (Wildman–Crippen MR) is 60.6 cm³/mol. The zero-order chi connectivity index (χ0) is 13.1. The van der Waals surface area contributed by atoms with E-state index in [-0.39, 0.29) is 30.5 Å². The van der Waals surface area contributed by atoms with Crippen molar-refractivity contribution in [1.29, 1.82) is 0 Å². The van der Waals surface area contributed by atoms with Crippen molar-refractivity contribution in [3.63, 3.8) is 0 Å². The number of hydrogen-bond acceptors (Lipinski definition) is 1. The van der Waals surface area contributed by atoms with E-state index < -0.39 is 12.1 Å². The maximum Gasteiger partial charge on any atom is 0.391 e. The van der Waals surface area contributed by atoms with Gasteiger partial charge in [0.05, 0.1) is 5.92 Å². The minimum Gasteiger partial charge on any atom is -0.299 e. The lowest BCUT2D eigenvalue weighted by Crippen LogP contribution is -2.32. The van der Waals surface area contributed by atoms with Crippen LogP contribution in [0.4, 0.5) is 13.2 Å². The first-order valence-corrected chi connectivity index (χ1v) is 6.44. The largest absolute Gasteiger partial charge is 0.391 e. The van der Waals surface area contributed by atoms with Gasteiger partial charge in [-0.05, 0) is 25.2 Å². The van der Waals surface area contributed by atoms with Crippen molar-refractivity contribution in [2.24, 2.45) is 17.8 Å². The molecule has 1 aliphatic carbocycles. The second-order valence-electron chi connectivity index (χ2n) is 5.29. The molecule has 1 rings (SSSR count). The highest BCUT2D eigenvalue weighted by Crippen LogP contribution is 2.40. The number of hydrogen-bond donors (Lipinski definition) is 0. The van der Waals surface area contributed by atoms with Crippen molar-refractivity contribution >= 4 is 5.78 Å². The molecule has 3 unspecified atom stereocenters. The molecule has 0 saturated heterocycles. The van der Waals surface area contributed by atoms with Gasteiger partial charge in [-0.1, -0.05) is 26.7 Å². The molecule has 17 heavy (non-hydrogen) atoms. The summed E-state index contributed by atoms with van der Waals surface area (Å²) in [5, 5.41) is 0. The number of halogens is 3. The lowest BCUT2D eigenvalue weighted by atomic mass is 9.77. The molecule has 0 heterocycles. The summed E-state index contributed by atoms with van der Waals surface area (Å²) in [6, 6.07) is 0. The van der Waals surface area contributed by atoms with E-state index in [1.807, 2.05) is 13.8 Å². The molecule has 1 saturated carbocycles. The molecule has 0 aromatic carbocycles. The summed E-state index contributed by atoms with van der Waals surface area (Å²) in [7, 11) is 0. The standard InChI is InChI=1S/C13H21F3O/c1-3-9(2)7-12(17)10-5-4-6-11(8-10)13(14,15)16/h9-11H,3-8H2,1-2H3. The first-order valence-electron chi connectivity index (χ1n) is 6.44. The van der Waals surface area contributed by atoms with Gasteiger partial charge >= 0.3 is 6.18 Å². The van der Waals surface area contributed by atoms with Crippen molar-refractivity contribution in [3.8, 4) is 0 Å². The Hall–Kier alpha value is -0.540. The molecule has 1 nitrogen and oxygen atoms in total. The minimum absolute atomic E-state index is 0.0127. The van der Waals surface area contributed by atoms with Crippen LogP contribution in [0.2, 0.25) is 0 Å². The van der Waals surface area contributed by atoms with Crippen molar-refractivity contribution < 1.29 is 18.0 Å². The maximum absolute atomic E-state index is 12.6. The molecule has 0 radical (unpaired) electrons. The fourth-order valence-electron chi connectivity index (χ4n) is 2.43. The van der Waals surface area contributed by atoms with E-state index in [1.165, 1.54) is 0 Å². The van der Waals surface area contributed by atoms with Gasteiger partial charge < -0.3 is 0 Å². The first-order chi connectivity index (χ1) is 7.84. The topological polar surface area (TPSA) is 17.1 Å². The molecule has 4 heteroatoms. The van der Waals surface area contributed by atoms with Crippen molar-refractivity contribution in [2.75, 3.05) is 0 Å². The van der Waals surface area contributed by atoms with Gasteiger partial charge in [-0.3, -0.25) is 4.79 Å². The van der Waals surface area contributed by atoms with Gasteiger partial charge in [0.15, 0.2) is 0 Å². The van der Waals surface area contributed by atoms with Crippen LogP contribution in [0.5, 0.6) is 0 Å². The van der Waals surface area contributed by atoms with Crippen LogP contribution in [-0.4, -0.2) is 12.0 Å². The summed E-state index contributed by atoms with van der Waals surface area (Å²) in [6.45, 7) is 3.97. The van der Waals surface area contributed by atoms with E-state index in [1.54, 1.807) is 0 Å². The average molecular weight is 250 g/mol. The average Bonchev–Trinajstić information content (AvgIpc) is 2.28. The van der Waals surface area contributed by atoms with Crippen LogP contribution in [0, 0.1) is 17.8 Å². The molecule has 0 aromatic rings. The molecule has 0 aliphatic heterocycles. The smallest absolute Gasteiger partial charge is 0.299 e. The van der Waals surface area contributed by atoms with Gasteiger partial charge in [0, 0.05) is 12.3 Å². The molecule has 100 valence electrons. The fourth-order valence-corrected chi connectivity index (χ4v) is 2.43. The molecular formula is C13H21F3O. The third-order valence-corrected chi connectivity index (χ3v) is 3.84. The van der Waals surface area contributed by atoms with Crippen molar-refractivity contribution in [2.45, 2.75) is 58.5 Å². The Balaban J connectivity index is 2.52. The molecular weight excluding hydrogens is 229 g/mol. The van der Waals surface area contributed by atoms with E-state index in [4.69, 9.17) is 0 Å². The SMILES string of the molecule is CCC(C)CC(=O)C1CCCC(C(F)(F)F)C1. The number of alkyl halides is 3. The summed E-state index contributed by atoms with van der Waals surface area (Å²) < 4.78 is 37.8. The number of carbonyl (C=O) groups excluding carboxylic acids is 1. The number of rotatable bonds is 4. The summed E-state index contributed by atoms with van der Waals surface area (Å²) in [6.07, 6.45) is -1.42. The van der Waals surface area contributed by atoms with E-state index in [0.717, 1.165) is 6.42 Å². The Bertz CT molecular complexity index is 260. The van der Waals surface area contributed by atoms with Crippen molar-refractivity contribution in [3.05, 3.63) is 0 Å². The van der Waals surface area contributed by atoms with Crippen LogP contribution in [0.1, 0.15) is 52.4 Å². The summed E-state index contributed by atoms with van der Waals surface area (Å²) in [5.41, 5.74) is 0. The maximum atomic E-state index is 12.6. The molecule has 3 atom stereocenters. The third kappa shape index (κ3) is 4.32. The summed E-state index contributed by atoms with van der Waals surface area (Å²) in [4.78, 5) is 11.9. The second-order valence-corrected chi connectivity index (χ2v) is 5.29. The monoisotopic (exact) mass is 250 g/mol. The predicted octanol–water partition coefficient (Wildman–Crippen LogP) is 4.36. The quantitative estimate of drug-likeness (QED) is 0.724. The molecule has 0 aromatic heterocycles. The normalized spacial score (nSPS) is 27.8. The minimum atomic E-state index is -4.13.